The maximum absolute atomic E-state index is 11.1. The van der Waals surface area contributed by atoms with Gasteiger partial charge in [0.25, 0.3) is 0 Å². The number of rotatable bonds is 2. The van der Waals surface area contributed by atoms with Gasteiger partial charge < -0.3 is 5.73 Å². The molecule has 1 atom stereocenters. The van der Waals surface area contributed by atoms with Crippen molar-refractivity contribution in [2.45, 2.75) is 12.5 Å². The Hall–Kier alpha value is -2.50. The predicted octanol–water partition coefficient (Wildman–Crippen LogP) is 0.616. The number of carbonyl (C=O) groups is 1. The average molecular weight is 241 g/mol. The summed E-state index contributed by atoms with van der Waals surface area (Å²) < 4.78 is 1.84. The zero-order valence-corrected chi connectivity index (χ0v) is 9.52. The molecule has 0 saturated heterocycles. The van der Waals surface area contributed by atoms with Crippen LogP contribution in [-0.2, 0) is 4.79 Å². The number of hydrogen-bond donors (Lipinski definition) is 1. The van der Waals surface area contributed by atoms with Crippen molar-refractivity contribution in [2.75, 3.05) is 0 Å². The van der Waals surface area contributed by atoms with E-state index >= 15 is 0 Å². The SMILES string of the molecule is NC(=O)CC1N=Cc2ccccc2-n2cnnc21. The quantitative estimate of drug-likeness (QED) is 0.836. The van der Waals surface area contributed by atoms with Gasteiger partial charge in [0.2, 0.25) is 5.91 Å². The molecule has 0 aliphatic carbocycles. The second-order valence-electron chi connectivity index (χ2n) is 4.08. The Morgan fingerprint density at radius 1 is 1.39 bits per heavy atom. The zero-order valence-electron chi connectivity index (χ0n) is 9.52. The molecule has 0 spiro atoms. The third-order valence-electron chi connectivity index (χ3n) is 2.86. The molecular weight excluding hydrogens is 230 g/mol. The molecule has 1 amide bonds. The van der Waals surface area contributed by atoms with E-state index in [0.29, 0.717) is 5.82 Å². The van der Waals surface area contributed by atoms with E-state index in [1.165, 1.54) is 0 Å². The molecule has 1 aromatic carbocycles. The van der Waals surface area contributed by atoms with Crippen molar-refractivity contribution < 1.29 is 4.79 Å². The van der Waals surface area contributed by atoms with E-state index in [1.807, 2.05) is 28.8 Å². The molecule has 6 heteroatoms. The smallest absolute Gasteiger partial charge is 0.220 e. The number of aliphatic imine (C=N–C) groups is 1. The second-order valence-corrected chi connectivity index (χ2v) is 4.08. The number of para-hydroxylation sites is 1. The Labute approximate surface area is 103 Å². The van der Waals surface area contributed by atoms with Crippen LogP contribution < -0.4 is 5.73 Å². The molecule has 0 bridgehead atoms. The van der Waals surface area contributed by atoms with Gasteiger partial charge >= 0.3 is 0 Å². The van der Waals surface area contributed by atoms with Gasteiger partial charge in [0.05, 0.1) is 12.1 Å². The minimum atomic E-state index is -0.405. The Balaban J connectivity index is 2.15. The maximum atomic E-state index is 11.1. The van der Waals surface area contributed by atoms with Crippen molar-refractivity contribution in [3.8, 4) is 5.69 Å². The number of primary amides is 1. The molecule has 6 nitrogen and oxygen atoms in total. The minimum Gasteiger partial charge on any atom is -0.370 e. The first-order chi connectivity index (χ1) is 8.75. The Morgan fingerprint density at radius 2 is 2.22 bits per heavy atom. The summed E-state index contributed by atoms with van der Waals surface area (Å²) >= 11 is 0. The standard InChI is InChI=1S/C12H11N5O/c13-11(18)5-9-12-16-15-7-17(12)10-4-2-1-3-8(10)6-14-9/h1-4,6-7,9H,5H2,(H2,13,18). The van der Waals surface area contributed by atoms with Gasteiger partial charge in [-0.05, 0) is 6.07 Å². The lowest BCUT2D eigenvalue weighted by molar-refractivity contribution is -0.118. The van der Waals surface area contributed by atoms with Crippen molar-refractivity contribution in [3.63, 3.8) is 0 Å². The summed E-state index contributed by atoms with van der Waals surface area (Å²) in [6.07, 6.45) is 3.50. The predicted molar refractivity (Wildman–Crippen MR) is 65.5 cm³/mol. The number of fused-ring (bicyclic) bond motifs is 3. The number of nitrogens with two attached hydrogens (primary N) is 1. The summed E-state index contributed by atoms with van der Waals surface area (Å²) in [5.41, 5.74) is 7.15. The second kappa shape index (κ2) is 4.06. The molecule has 1 aromatic heterocycles. The molecule has 2 aromatic rings. The molecule has 2 heterocycles. The largest absolute Gasteiger partial charge is 0.370 e. The van der Waals surface area contributed by atoms with Gasteiger partial charge in [0.15, 0.2) is 5.82 Å². The highest BCUT2D eigenvalue weighted by atomic mass is 16.1. The lowest BCUT2D eigenvalue weighted by Crippen LogP contribution is -2.16. The molecule has 3 rings (SSSR count). The van der Waals surface area contributed by atoms with Crippen LogP contribution in [-0.4, -0.2) is 26.9 Å². The van der Waals surface area contributed by atoms with Gasteiger partial charge in [-0.2, -0.15) is 0 Å². The van der Waals surface area contributed by atoms with Gasteiger partial charge in [0.1, 0.15) is 12.4 Å². The van der Waals surface area contributed by atoms with E-state index < -0.39 is 5.91 Å². The first-order valence-electron chi connectivity index (χ1n) is 5.56. The molecule has 0 radical (unpaired) electrons. The van der Waals surface area contributed by atoms with Crippen LogP contribution in [0, 0.1) is 0 Å². The van der Waals surface area contributed by atoms with E-state index in [4.69, 9.17) is 5.73 Å². The molecule has 2 N–H and O–H groups in total. The Bertz CT molecular complexity index is 631. The van der Waals surface area contributed by atoms with Gasteiger partial charge in [-0.1, -0.05) is 18.2 Å². The minimum absolute atomic E-state index is 0.128. The average Bonchev–Trinajstić information content (AvgIpc) is 2.78. The van der Waals surface area contributed by atoms with E-state index in [0.717, 1.165) is 11.3 Å². The Morgan fingerprint density at radius 3 is 3.06 bits per heavy atom. The molecule has 1 aliphatic rings. The van der Waals surface area contributed by atoms with Gasteiger partial charge in [-0.25, -0.2) is 0 Å². The van der Waals surface area contributed by atoms with Crippen LogP contribution in [0.15, 0.2) is 35.6 Å². The van der Waals surface area contributed by atoms with Crippen LogP contribution in [0.2, 0.25) is 0 Å². The van der Waals surface area contributed by atoms with Gasteiger partial charge in [0, 0.05) is 11.8 Å². The van der Waals surface area contributed by atoms with Crippen LogP contribution in [0.4, 0.5) is 0 Å². The van der Waals surface area contributed by atoms with Crippen molar-refractivity contribution in [1.82, 2.24) is 14.8 Å². The summed E-state index contributed by atoms with van der Waals surface area (Å²) in [4.78, 5) is 15.4. The molecule has 18 heavy (non-hydrogen) atoms. The van der Waals surface area contributed by atoms with Crippen molar-refractivity contribution >= 4 is 12.1 Å². The zero-order chi connectivity index (χ0) is 12.5. The number of benzene rings is 1. The lowest BCUT2D eigenvalue weighted by atomic mass is 10.2. The van der Waals surface area contributed by atoms with Crippen molar-refractivity contribution in [2.24, 2.45) is 10.7 Å². The fourth-order valence-corrected chi connectivity index (χ4v) is 2.04. The fourth-order valence-electron chi connectivity index (χ4n) is 2.04. The first-order valence-corrected chi connectivity index (χ1v) is 5.56. The summed E-state index contributed by atoms with van der Waals surface area (Å²) in [5.74, 6) is 0.229. The first kappa shape index (κ1) is 10.6. The van der Waals surface area contributed by atoms with Crippen LogP contribution in [0.25, 0.3) is 5.69 Å². The number of aromatic nitrogens is 3. The van der Waals surface area contributed by atoms with Crippen molar-refractivity contribution in [3.05, 3.63) is 42.0 Å². The fraction of sp³-hybridized carbons (Fsp3) is 0.167. The molecule has 1 aliphatic heterocycles. The van der Waals surface area contributed by atoms with E-state index in [2.05, 4.69) is 15.2 Å². The molecule has 1 unspecified atom stereocenters. The highest BCUT2D eigenvalue weighted by Crippen LogP contribution is 2.26. The number of hydrogen-bond acceptors (Lipinski definition) is 4. The summed E-state index contributed by atoms with van der Waals surface area (Å²) in [5, 5.41) is 7.93. The normalized spacial score (nSPS) is 16.8. The number of nitrogens with zero attached hydrogens (tertiary/aromatic N) is 4. The van der Waals surface area contributed by atoms with E-state index in [9.17, 15) is 4.79 Å². The summed E-state index contributed by atoms with van der Waals surface area (Å²) in [6.45, 7) is 0. The molecule has 90 valence electrons. The van der Waals surface area contributed by atoms with Crippen LogP contribution >= 0.6 is 0 Å². The third kappa shape index (κ3) is 1.67. The van der Waals surface area contributed by atoms with Crippen LogP contribution in [0.5, 0.6) is 0 Å². The molecular formula is C12H11N5O. The highest BCUT2D eigenvalue weighted by molar-refractivity contribution is 5.86. The van der Waals surface area contributed by atoms with Crippen molar-refractivity contribution in [1.29, 1.82) is 0 Å². The van der Waals surface area contributed by atoms with E-state index in [-0.39, 0.29) is 12.5 Å². The summed E-state index contributed by atoms with van der Waals surface area (Å²) in [6, 6.07) is 7.40. The topological polar surface area (TPSA) is 86.2 Å². The number of amides is 1. The molecule has 0 saturated carbocycles. The van der Waals surface area contributed by atoms with Crippen LogP contribution in [0.1, 0.15) is 23.9 Å². The number of carbonyl (C=O) groups excluding carboxylic acids is 1. The lowest BCUT2D eigenvalue weighted by Gasteiger charge is -2.09. The summed E-state index contributed by atoms with van der Waals surface area (Å²) in [7, 11) is 0. The molecule has 0 fully saturated rings. The van der Waals surface area contributed by atoms with E-state index in [1.54, 1.807) is 12.5 Å². The monoisotopic (exact) mass is 241 g/mol. The highest BCUT2D eigenvalue weighted by Gasteiger charge is 2.22. The van der Waals surface area contributed by atoms with Gasteiger partial charge in [-0.3, -0.25) is 14.4 Å². The Kier molecular flexibility index (Phi) is 2.40. The maximum Gasteiger partial charge on any atom is 0.220 e. The van der Waals surface area contributed by atoms with Crippen LogP contribution in [0.3, 0.4) is 0 Å². The third-order valence-corrected chi connectivity index (χ3v) is 2.86. The van der Waals surface area contributed by atoms with Gasteiger partial charge in [-0.15, -0.1) is 10.2 Å².